The van der Waals surface area contributed by atoms with Gasteiger partial charge in [0.15, 0.2) is 0 Å². The van der Waals surface area contributed by atoms with Crippen LogP contribution in [0.1, 0.15) is 90.5 Å². The van der Waals surface area contributed by atoms with Crippen LogP contribution >= 0.6 is 0 Å². The van der Waals surface area contributed by atoms with Gasteiger partial charge in [-0.3, -0.25) is 4.98 Å². The number of halogens is 1. The van der Waals surface area contributed by atoms with E-state index in [-0.39, 0.29) is 6.61 Å². The Bertz CT molecular complexity index is 696. The summed E-state index contributed by atoms with van der Waals surface area (Å²) in [5.74, 6) is 0.958. The molecule has 1 atom stereocenters. The standard InChI is InChI=1S/C28H42FNO/c1-4-5-6-7-8-9-10-11-12-13-24-14-16-25(17-15-24)28-19-18-27(21-30-28)31-22-26(29)20-23(2)3/h14-19,21,23,26H,4-13,20,22H2,1-3H3. The van der Waals surface area contributed by atoms with Crippen molar-refractivity contribution in [3.8, 4) is 17.0 Å². The van der Waals surface area contributed by atoms with Crippen LogP contribution in [0, 0.1) is 5.92 Å². The van der Waals surface area contributed by atoms with Gasteiger partial charge in [-0.25, -0.2) is 4.39 Å². The van der Waals surface area contributed by atoms with Crippen molar-refractivity contribution in [1.29, 1.82) is 0 Å². The van der Waals surface area contributed by atoms with Crippen LogP contribution < -0.4 is 4.74 Å². The Morgan fingerprint density at radius 1 is 0.839 bits per heavy atom. The molecule has 0 aliphatic rings. The largest absolute Gasteiger partial charge is 0.489 e. The van der Waals surface area contributed by atoms with Crippen LogP contribution in [0.5, 0.6) is 5.75 Å². The van der Waals surface area contributed by atoms with Gasteiger partial charge in [-0.1, -0.05) is 96.4 Å². The number of ether oxygens (including phenoxy) is 1. The van der Waals surface area contributed by atoms with Crippen LogP contribution in [0.2, 0.25) is 0 Å². The highest BCUT2D eigenvalue weighted by Gasteiger charge is 2.10. The molecule has 0 saturated carbocycles. The number of aryl methyl sites for hydroxylation is 1. The van der Waals surface area contributed by atoms with Crippen LogP contribution in [-0.4, -0.2) is 17.8 Å². The summed E-state index contributed by atoms with van der Waals surface area (Å²) in [5, 5.41) is 0. The van der Waals surface area contributed by atoms with E-state index in [9.17, 15) is 4.39 Å². The molecule has 31 heavy (non-hydrogen) atoms. The SMILES string of the molecule is CCCCCCCCCCCc1ccc(-c2ccc(OCC(F)CC(C)C)cn2)cc1. The number of pyridine rings is 1. The molecular formula is C28H42FNO. The second kappa shape index (κ2) is 15.0. The summed E-state index contributed by atoms with van der Waals surface area (Å²) < 4.78 is 19.3. The Hall–Kier alpha value is -1.90. The molecule has 0 spiro atoms. The number of unbranched alkanes of at least 4 members (excludes halogenated alkanes) is 8. The molecule has 2 aromatic rings. The molecule has 1 aromatic heterocycles. The van der Waals surface area contributed by atoms with E-state index in [0.717, 1.165) is 17.7 Å². The molecule has 0 aliphatic heterocycles. The van der Waals surface area contributed by atoms with Crippen molar-refractivity contribution >= 4 is 0 Å². The summed E-state index contributed by atoms with van der Waals surface area (Å²) in [6.07, 6.45) is 14.7. The van der Waals surface area contributed by atoms with Crippen LogP contribution in [0.15, 0.2) is 42.6 Å². The van der Waals surface area contributed by atoms with Crippen molar-refractivity contribution in [1.82, 2.24) is 4.98 Å². The van der Waals surface area contributed by atoms with E-state index in [2.05, 4.69) is 36.2 Å². The number of nitrogens with zero attached hydrogens (tertiary/aromatic N) is 1. The number of hydrogen-bond acceptors (Lipinski definition) is 2. The minimum Gasteiger partial charge on any atom is -0.489 e. The number of aromatic nitrogens is 1. The molecule has 1 unspecified atom stereocenters. The summed E-state index contributed by atoms with van der Waals surface area (Å²) in [6, 6.07) is 12.5. The number of rotatable bonds is 16. The Kier molecular flexibility index (Phi) is 12.3. The molecule has 1 heterocycles. The number of alkyl halides is 1. The fourth-order valence-electron chi connectivity index (χ4n) is 3.88. The van der Waals surface area contributed by atoms with Crippen molar-refractivity contribution in [2.24, 2.45) is 5.92 Å². The first-order chi connectivity index (χ1) is 15.1. The molecule has 0 saturated heterocycles. The lowest BCUT2D eigenvalue weighted by Gasteiger charge is -2.12. The zero-order valence-electron chi connectivity index (χ0n) is 19.9. The lowest BCUT2D eigenvalue weighted by atomic mass is 10.0. The lowest BCUT2D eigenvalue weighted by molar-refractivity contribution is 0.173. The van der Waals surface area contributed by atoms with Gasteiger partial charge >= 0.3 is 0 Å². The smallest absolute Gasteiger partial charge is 0.137 e. The second-order valence-electron chi connectivity index (χ2n) is 9.19. The van der Waals surface area contributed by atoms with E-state index in [1.165, 1.54) is 63.4 Å². The first kappa shape index (κ1) is 25.4. The summed E-state index contributed by atoms with van der Waals surface area (Å²) >= 11 is 0. The average Bonchev–Trinajstić information content (AvgIpc) is 2.77. The van der Waals surface area contributed by atoms with Crippen LogP contribution in [0.3, 0.4) is 0 Å². The molecule has 0 N–H and O–H groups in total. The predicted octanol–water partition coefficient (Wildman–Crippen LogP) is 8.58. The molecule has 0 bridgehead atoms. The summed E-state index contributed by atoms with van der Waals surface area (Å²) in [4.78, 5) is 4.49. The minimum absolute atomic E-state index is 0.0900. The number of hydrogen-bond donors (Lipinski definition) is 0. The molecule has 2 nitrogen and oxygen atoms in total. The maximum Gasteiger partial charge on any atom is 0.137 e. The van der Waals surface area contributed by atoms with Gasteiger partial charge in [0, 0.05) is 5.56 Å². The highest BCUT2D eigenvalue weighted by Crippen LogP contribution is 2.21. The van der Waals surface area contributed by atoms with Gasteiger partial charge in [-0.15, -0.1) is 0 Å². The molecule has 0 aliphatic carbocycles. The van der Waals surface area contributed by atoms with Crippen LogP contribution in [0.4, 0.5) is 4.39 Å². The zero-order chi connectivity index (χ0) is 22.3. The van der Waals surface area contributed by atoms with Crippen molar-refractivity contribution < 1.29 is 9.13 Å². The van der Waals surface area contributed by atoms with Gasteiger partial charge in [-0.05, 0) is 42.9 Å². The monoisotopic (exact) mass is 427 g/mol. The van der Waals surface area contributed by atoms with Gasteiger partial charge in [0.1, 0.15) is 18.5 Å². The van der Waals surface area contributed by atoms with Gasteiger partial charge in [0.05, 0.1) is 11.9 Å². The first-order valence-electron chi connectivity index (χ1n) is 12.4. The second-order valence-corrected chi connectivity index (χ2v) is 9.19. The average molecular weight is 428 g/mol. The highest BCUT2D eigenvalue weighted by atomic mass is 19.1. The van der Waals surface area contributed by atoms with E-state index in [1.807, 2.05) is 26.0 Å². The van der Waals surface area contributed by atoms with Crippen molar-refractivity contribution in [2.75, 3.05) is 6.61 Å². The fraction of sp³-hybridized carbons (Fsp3) is 0.607. The topological polar surface area (TPSA) is 22.1 Å². The molecule has 2 rings (SSSR count). The summed E-state index contributed by atoms with van der Waals surface area (Å²) in [7, 11) is 0. The van der Waals surface area contributed by atoms with Gasteiger partial charge < -0.3 is 4.74 Å². The molecule has 0 radical (unpaired) electrons. The van der Waals surface area contributed by atoms with Crippen LogP contribution in [0.25, 0.3) is 11.3 Å². The fourth-order valence-corrected chi connectivity index (χ4v) is 3.88. The molecular weight excluding hydrogens is 385 g/mol. The van der Waals surface area contributed by atoms with E-state index in [1.54, 1.807) is 6.20 Å². The van der Waals surface area contributed by atoms with E-state index >= 15 is 0 Å². The van der Waals surface area contributed by atoms with Gasteiger partial charge in [-0.2, -0.15) is 0 Å². The lowest BCUT2D eigenvalue weighted by Crippen LogP contribution is -2.15. The maximum absolute atomic E-state index is 13.8. The summed E-state index contributed by atoms with van der Waals surface area (Å²) in [6.45, 7) is 6.40. The zero-order valence-corrected chi connectivity index (χ0v) is 19.9. The molecule has 3 heteroatoms. The van der Waals surface area contributed by atoms with Crippen LogP contribution in [-0.2, 0) is 6.42 Å². The Balaban J connectivity index is 1.68. The van der Waals surface area contributed by atoms with Gasteiger partial charge in [0.2, 0.25) is 0 Å². The van der Waals surface area contributed by atoms with Gasteiger partial charge in [0.25, 0.3) is 0 Å². The maximum atomic E-state index is 13.8. The Morgan fingerprint density at radius 2 is 1.48 bits per heavy atom. The third kappa shape index (κ3) is 10.8. The first-order valence-corrected chi connectivity index (χ1v) is 12.4. The third-order valence-corrected chi connectivity index (χ3v) is 5.71. The number of benzene rings is 1. The van der Waals surface area contributed by atoms with Crippen molar-refractivity contribution in [3.63, 3.8) is 0 Å². The van der Waals surface area contributed by atoms with Crippen molar-refractivity contribution in [3.05, 3.63) is 48.2 Å². The highest BCUT2D eigenvalue weighted by molar-refractivity contribution is 5.59. The molecule has 172 valence electrons. The van der Waals surface area contributed by atoms with E-state index in [0.29, 0.717) is 18.1 Å². The minimum atomic E-state index is -0.932. The van der Waals surface area contributed by atoms with E-state index in [4.69, 9.17) is 4.74 Å². The Labute approximate surface area is 189 Å². The normalized spacial score (nSPS) is 12.3. The predicted molar refractivity (Wildman–Crippen MR) is 130 cm³/mol. The van der Waals surface area contributed by atoms with E-state index < -0.39 is 6.17 Å². The molecule has 1 aromatic carbocycles. The molecule has 0 amide bonds. The van der Waals surface area contributed by atoms with Crippen molar-refractivity contribution in [2.45, 2.75) is 97.6 Å². The Morgan fingerprint density at radius 3 is 2.06 bits per heavy atom. The quantitative estimate of drug-likeness (QED) is 0.250. The summed E-state index contributed by atoms with van der Waals surface area (Å²) in [5.41, 5.74) is 3.41. The third-order valence-electron chi connectivity index (χ3n) is 5.71. The molecule has 0 fully saturated rings.